The first-order valence-electron chi connectivity index (χ1n) is 12.1. The van der Waals surface area contributed by atoms with Crippen LogP contribution in [0.1, 0.15) is 0 Å². The zero-order chi connectivity index (χ0) is 25.5. The zero-order valence-electron chi connectivity index (χ0n) is 20.9. The number of anilines is 1. The summed E-state index contributed by atoms with van der Waals surface area (Å²) in [7, 11) is 5.91. The quantitative estimate of drug-likeness (QED) is 0.281. The van der Waals surface area contributed by atoms with Crippen LogP contribution in [0, 0.1) is 5.82 Å². The first-order valence-corrected chi connectivity index (χ1v) is 12.1. The molecule has 0 amide bonds. The summed E-state index contributed by atoms with van der Waals surface area (Å²) in [4.78, 5) is 10.5. The number of benzene rings is 2. The monoisotopic (exact) mass is 494 g/mol. The average molecular weight is 495 g/mol. The van der Waals surface area contributed by atoms with Gasteiger partial charge in [-0.2, -0.15) is 10.2 Å². The van der Waals surface area contributed by atoms with Gasteiger partial charge in [-0.1, -0.05) is 12.1 Å². The van der Waals surface area contributed by atoms with Gasteiger partial charge in [-0.05, 0) is 67.7 Å². The van der Waals surface area contributed by atoms with Gasteiger partial charge in [0.1, 0.15) is 17.0 Å². The molecule has 0 saturated carbocycles. The van der Waals surface area contributed by atoms with Crippen molar-refractivity contribution in [3.63, 3.8) is 0 Å². The molecule has 0 radical (unpaired) electrons. The molecule has 0 atom stereocenters. The number of H-pyrrole nitrogens is 2. The van der Waals surface area contributed by atoms with Crippen molar-refractivity contribution in [1.29, 1.82) is 0 Å². The molecule has 0 aliphatic heterocycles. The van der Waals surface area contributed by atoms with Crippen LogP contribution < -0.4 is 5.32 Å². The predicted octanol–water partition coefficient (Wildman–Crippen LogP) is 5.29. The number of aromatic amines is 2. The van der Waals surface area contributed by atoms with Crippen LogP contribution in [0.2, 0.25) is 0 Å². The second-order valence-corrected chi connectivity index (χ2v) is 9.48. The van der Waals surface area contributed by atoms with Crippen molar-refractivity contribution >= 4 is 27.6 Å². The van der Waals surface area contributed by atoms with Crippen LogP contribution in [-0.4, -0.2) is 62.0 Å². The second kappa shape index (κ2) is 9.18. The molecule has 4 heterocycles. The lowest BCUT2D eigenvalue weighted by Gasteiger charge is -2.13. The third kappa shape index (κ3) is 4.45. The number of hydrogen-bond donors (Lipinski definition) is 3. The van der Waals surface area contributed by atoms with Crippen LogP contribution in [0.4, 0.5) is 10.1 Å². The van der Waals surface area contributed by atoms with Crippen molar-refractivity contribution in [2.45, 2.75) is 0 Å². The minimum absolute atomic E-state index is 0.275. The molecule has 37 heavy (non-hydrogen) atoms. The summed E-state index contributed by atoms with van der Waals surface area (Å²) in [6, 6.07) is 17.1. The molecule has 0 unspecified atom stereocenters. The molecule has 186 valence electrons. The SMILES string of the molecule is CN(C)CCNc1cc(F)cc(-c2cccc3[nH]c(-c4n[nH]c5ccc(-c6cnn(C)c6)nc45)cc23)c1. The van der Waals surface area contributed by atoms with Gasteiger partial charge in [-0.25, -0.2) is 9.37 Å². The van der Waals surface area contributed by atoms with E-state index in [-0.39, 0.29) is 5.82 Å². The van der Waals surface area contributed by atoms with Gasteiger partial charge in [0.2, 0.25) is 0 Å². The number of aromatic nitrogens is 6. The second-order valence-electron chi connectivity index (χ2n) is 9.48. The molecule has 0 aliphatic rings. The maximum Gasteiger partial charge on any atom is 0.135 e. The minimum Gasteiger partial charge on any atom is -0.384 e. The molecular formula is C28H27FN8. The summed E-state index contributed by atoms with van der Waals surface area (Å²) in [5, 5.41) is 16.2. The van der Waals surface area contributed by atoms with Gasteiger partial charge in [0, 0.05) is 48.5 Å². The first-order chi connectivity index (χ1) is 17.9. The summed E-state index contributed by atoms with van der Waals surface area (Å²) in [5.74, 6) is -0.275. The number of likely N-dealkylation sites (N-methyl/N-ethyl adjacent to an activating group) is 1. The van der Waals surface area contributed by atoms with Gasteiger partial charge in [0.05, 0.1) is 23.1 Å². The van der Waals surface area contributed by atoms with Crippen molar-refractivity contribution < 1.29 is 4.39 Å². The largest absolute Gasteiger partial charge is 0.384 e. The van der Waals surface area contributed by atoms with E-state index in [1.165, 1.54) is 6.07 Å². The molecule has 6 rings (SSSR count). The summed E-state index contributed by atoms with van der Waals surface area (Å²) >= 11 is 0. The number of fused-ring (bicyclic) bond motifs is 2. The van der Waals surface area contributed by atoms with E-state index in [1.54, 1.807) is 16.9 Å². The van der Waals surface area contributed by atoms with Crippen LogP contribution in [0.5, 0.6) is 0 Å². The number of halogens is 1. The lowest BCUT2D eigenvalue weighted by molar-refractivity contribution is 0.425. The third-order valence-electron chi connectivity index (χ3n) is 6.42. The highest BCUT2D eigenvalue weighted by Gasteiger charge is 2.16. The Balaban J connectivity index is 1.40. The van der Waals surface area contributed by atoms with Gasteiger partial charge < -0.3 is 15.2 Å². The van der Waals surface area contributed by atoms with Gasteiger partial charge >= 0.3 is 0 Å². The molecule has 8 nitrogen and oxygen atoms in total. The van der Waals surface area contributed by atoms with E-state index < -0.39 is 0 Å². The van der Waals surface area contributed by atoms with Crippen molar-refractivity contribution in [2.75, 3.05) is 32.5 Å². The van der Waals surface area contributed by atoms with E-state index in [0.29, 0.717) is 0 Å². The summed E-state index contributed by atoms with van der Waals surface area (Å²) in [6.07, 6.45) is 3.73. The van der Waals surface area contributed by atoms with Crippen LogP contribution in [0.25, 0.3) is 55.7 Å². The van der Waals surface area contributed by atoms with Gasteiger partial charge in [0.25, 0.3) is 0 Å². The van der Waals surface area contributed by atoms with Gasteiger partial charge in [-0.15, -0.1) is 0 Å². The normalized spacial score (nSPS) is 11.7. The van der Waals surface area contributed by atoms with Crippen LogP contribution in [-0.2, 0) is 7.05 Å². The first kappa shape index (κ1) is 22.9. The van der Waals surface area contributed by atoms with E-state index in [1.807, 2.05) is 63.7 Å². The molecule has 6 aromatic rings. The van der Waals surface area contributed by atoms with Crippen molar-refractivity contribution in [3.05, 3.63) is 72.8 Å². The van der Waals surface area contributed by atoms with E-state index in [4.69, 9.17) is 4.98 Å². The number of pyridine rings is 1. The number of hydrogen-bond acceptors (Lipinski definition) is 5. The van der Waals surface area contributed by atoms with Crippen LogP contribution in [0.3, 0.4) is 0 Å². The van der Waals surface area contributed by atoms with Crippen molar-refractivity contribution in [1.82, 2.24) is 34.8 Å². The Bertz CT molecular complexity index is 1730. The van der Waals surface area contributed by atoms with Crippen molar-refractivity contribution in [3.8, 4) is 33.8 Å². The summed E-state index contributed by atoms with van der Waals surface area (Å²) in [5.41, 5.74) is 8.41. The van der Waals surface area contributed by atoms with Gasteiger partial charge in [0.15, 0.2) is 0 Å². The Morgan fingerprint density at radius 1 is 1.03 bits per heavy atom. The predicted molar refractivity (Wildman–Crippen MR) is 146 cm³/mol. The fourth-order valence-electron chi connectivity index (χ4n) is 4.61. The lowest BCUT2D eigenvalue weighted by Crippen LogP contribution is -2.20. The number of nitrogens with zero attached hydrogens (tertiary/aromatic N) is 5. The van der Waals surface area contributed by atoms with Crippen LogP contribution in [0.15, 0.2) is 67.0 Å². The highest BCUT2D eigenvalue weighted by atomic mass is 19.1. The fourth-order valence-corrected chi connectivity index (χ4v) is 4.61. The van der Waals surface area contributed by atoms with E-state index in [9.17, 15) is 4.39 Å². The smallest absolute Gasteiger partial charge is 0.135 e. The highest BCUT2D eigenvalue weighted by Crippen LogP contribution is 2.35. The Morgan fingerprint density at radius 2 is 1.92 bits per heavy atom. The molecule has 0 spiro atoms. The number of aryl methyl sites for hydroxylation is 1. The Hall–Kier alpha value is -4.50. The number of rotatable bonds is 7. The maximum absolute atomic E-state index is 14.6. The standard InChI is InChI=1S/C28H27FN8/c1-36(2)10-9-30-20-12-17(11-19(29)13-20)21-5-4-6-24-22(21)14-26(32-24)28-27-25(34-35-28)8-7-23(33-27)18-15-31-37(3)16-18/h4-8,11-16,30,32H,9-10H2,1-3H3,(H,34,35). The highest BCUT2D eigenvalue weighted by molar-refractivity contribution is 6.00. The summed E-state index contributed by atoms with van der Waals surface area (Å²) in [6.45, 7) is 1.59. The third-order valence-corrected chi connectivity index (χ3v) is 6.42. The molecule has 0 bridgehead atoms. The fraction of sp³-hybridized carbons (Fsp3) is 0.179. The van der Waals surface area contributed by atoms with E-state index >= 15 is 0 Å². The molecule has 0 saturated heterocycles. The number of nitrogens with one attached hydrogen (secondary N) is 3. The molecule has 0 fully saturated rings. The average Bonchev–Trinajstić information content (AvgIpc) is 3.60. The molecule has 0 aliphatic carbocycles. The van der Waals surface area contributed by atoms with E-state index in [2.05, 4.69) is 36.6 Å². The molecule has 4 aromatic heterocycles. The van der Waals surface area contributed by atoms with Gasteiger partial charge in [-0.3, -0.25) is 9.78 Å². The summed E-state index contributed by atoms with van der Waals surface area (Å²) < 4.78 is 16.4. The Morgan fingerprint density at radius 3 is 2.73 bits per heavy atom. The van der Waals surface area contributed by atoms with E-state index in [0.717, 1.165) is 74.5 Å². The molecule has 2 aromatic carbocycles. The molecule has 3 N–H and O–H groups in total. The van der Waals surface area contributed by atoms with Crippen LogP contribution >= 0.6 is 0 Å². The minimum atomic E-state index is -0.275. The maximum atomic E-state index is 14.6. The Kier molecular flexibility index (Phi) is 5.69. The Labute approximate surface area is 213 Å². The lowest BCUT2D eigenvalue weighted by atomic mass is 10.0. The zero-order valence-corrected chi connectivity index (χ0v) is 20.9. The molecular weight excluding hydrogens is 467 g/mol. The van der Waals surface area contributed by atoms with Crippen molar-refractivity contribution in [2.24, 2.45) is 7.05 Å². The topological polar surface area (TPSA) is 90.5 Å². The molecule has 9 heteroatoms.